The van der Waals surface area contributed by atoms with Crippen molar-refractivity contribution in [2.75, 3.05) is 13.6 Å². The normalized spacial score (nSPS) is 13.8. The highest BCUT2D eigenvalue weighted by Crippen LogP contribution is 2.18. The number of Topliss-reactive ketones (excluding diaryl/α,β-unsaturated/α-hetero) is 1. The summed E-state index contributed by atoms with van der Waals surface area (Å²) in [4.78, 5) is 46.9. The van der Waals surface area contributed by atoms with Crippen molar-refractivity contribution in [2.45, 2.75) is 52.6 Å². The number of nitrogens with two attached hydrogens (primary N) is 1. The predicted molar refractivity (Wildman–Crippen MR) is 86.4 cm³/mol. The number of carbonyl (C=O) groups excluding carboxylic acids is 4. The molecule has 0 aromatic rings. The van der Waals surface area contributed by atoms with Crippen LogP contribution >= 0.6 is 0 Å². The van der Waals surface area contributed by atoms with E-state index in [4.69, 9.17) is 5.73 Å². The first-order valence-corrected chi connectivity index (χ1v) is 7.62. The molecule has 0 aromatic carbocycles. The van der Waals surface area contributed by atoms with E-state index in [9.17, 15) is 19.2 Å². The van der Waals surface area contributed by atoms with Crippen LogP contribution in [0.4, 0.5) is 0 Å². The van der Waals surface area contributed by atoms with Crippen LogP contribution in [-0.2, 0) is 19.2 Å². The molecule has 8 heteroatoms. The highest BCUT2D eigenvalue weighted by molar-refractivity contribution is 6.38. The average Bonchev–Trinajstić information content (AvgIpc) is 2.45. The van der Waals surface area contributed by atoms with E-state index in [-0.39, 0.29) is 0 Å². The third kappa shape index (κ3) is 7.23. The van der Waals surface area contributed by atoms with Crippen LogP contribution < -0.4 is 21.7 Å². The number of rotatable bonds is 9. The van der Waals surface area contributed by atoms with Gasteiger partial charge in [-0.05, 0) is 18.9 Å². The molecule has 0 saturated heterocycles. The number of likely N-dealkylation sites (N-methyl/N-ethyl adjacent to an activating group) is 1. The maximum absolute atomic E-state index is 11.9. The van der Waals surface area contributed by atoms with E-state index in [1.54, 1.807) is 27.8 Å². The Morgan fingerprint density at radius 2 is 1.70 bits per heavy atom. The second-order valence-electron chi connectivity index (χ2n) is 6.45. The van der Waals surface area contributed by atoms with E-state index >= 15 is 0 Å². The number of ketones is 1. The minimum atomic E-state index is -0.868. The van der Waals surface area contributed by atoms with Crippen LogP contribution in [0.1, 0.15) is 40.5 Å². The average molecular weight is 328 g/mol. The van der Waals surface area contributed by atoms with Crippen molar-refractivity contribution in [3.8, 4) is 0 Å². The van der Waals surface area contributed by atoms with E-state index in [2.05, 4.69) is 16.0 Å². The summed E-state index contributed by atoms with van der Waals surface area (Å²) in [5.74, 6) is -2.70. The van der Waals surface area contributed by atoms with Gasteiger partial charge in [0.15, 0.2) is 0 Å². The molecule has 0 saturated carbocycles. The van der Waals surface area contributed by atoms with E-state index in [0.29, 0.717) is 6.42 Å². The van der Waals surface area contributed by atoms with E-state index in [1.165, 1.54) is 0 Å². The summed E-state index contributed by atoms with van der Waals surface area (Å²) in [6, 6.07) is -1.44. The molecule has 0 aliphatic rings. The Morgan fingerprint density at radius 1 is 1.13 bits per heavy atom. The lowest BCUT2D eigenvalue weighted by Gasteiger charge is -2.28. The fourth-order valence-corrected chi connectivity index (χ4v) is 2.03. The molecule has 0 aromatic heterocycles. The van der Waals surface area contributed by atoms with Crippen LogP contribution in [0.2, 0.25) is 0 Å². The van der Waals surface area contributed by atoms with Crippen molar-refractivity contribution in [1.29, 1.82) is 0 Å². The third-order valence-electron chi connectivity index (χ3n) is 3.33. The SMILES string of the molecule is CCCC(NC)C(=O)C(=O)NCC(=O)NC(C(N)=O)C(C)(C)C. The summed E-state index contributed by atoms with van der Waals surface area (Å²) in [7, 11) is 1.60. The Morgan fingerprint density at radius 3 is 2.09 bits per heavy atom. The quantitative estimate of drug-likeness (QED) is 0.406. The lowest BCUT2D eigenvalue weighted by Crippen LogP contribution is -2.54. The van der Waals surface area contributed by atoms with E-state index in [0.717, 1.165) is 6.42 Å². The Labute approximate surface area is 136 Å². The Kier molecular flexibility index (Phi) is 8.45. The van der Waals surface area contributed by atoms with Crippen LogP contribution in [0.25, 0.3) is 0 Å². The second-order valence-corrected chi connectivity index (χ2v) is 6.45. The zero-order valence-corrected chi connectivity index (χ0v) is 14.5. The molecule has 5 N–H and O–H groups in total. The van der Waals surface area contributed by atoms with Crippen LogP contribution in [-0.4, -0.2) is 49.2 Å². The summed E-state index contributed by atoms with van der Waals surface area (Å²) in [5.41, 5.74) is 4.71. The summed E-state index contributed by atoms with van der Waals surface area (Å²) in [5, 5.41) is 7.49. The standard InChI is InChI=1S/C15H28N4O4/c1-6-7-9(17-5)11(21)14(23)18-8-10(20)19-12(13(16)22)15(2,3)4/h9,12,17H,6-8H2,1-5H3,(H2,16,22)(H,18,23)(H,19,20). The Bertz CT molecular complexity index is 457. The van der Waals surface area contributed by atoms with Gasteiger partial charge in [0.25, 0.3) is 5.91 Å². The number of primary amides is 1. The smallest absolute Gasteiger partial charge is 0.289 e. The van der Waals surface area contributed by atoms with E-state index < -0.39 is 47.5 Å². The minimum absolute atomic E-state index is 0.396. The number of hydrogen-bond donors (Lipinski definition) is 4. The van der Waals surface area contributed by atoms with Crippen LogP contribution in [0.5, 0.6) is 0 Å². The van der Waals surface area contributed by atoms with Gasteiger partial charge >= 0.3 is 0 Å². The molecular weight excluding hydrogens is 300 g/mol. The fraction of sp³-hybridized carbons (Fsp3) is 0.733. The van der Waals surface area contributed by atoms with Gasteiger partial charge in [0, 0.05) is 0 Å². The topological polar surface area (TPSA) is 130 Å². The molecule has 0 aliphatic heterocycles. The monoisotopic (exact) mass is 328 g/mol. The highest BCUT2D eigenvalue weighted by Gasteiger charge is 2.31. The van der Waals surface area contributed by atoms with Gasteiger partial charge in [-0.25, -0.2) is 0 Å². The van der Waals surface area contributed by atoms with Gasteiger partial charge in [0.2, 0.25) is 17.6 Å². The molecule has 2 unspecified atom stereocenters. The molecule has 0 fully saturated rings. The molecule has 0 bridgehead atoms. The third-order valence-corrected chi connectivity index (χ3v) is 3.33. The zero-order valence-electron chi connectivity index (χ0n) is 14.5. The van der Waals surface area contributed by atoms with Crippen molar-refractivity contribution < 1.29 is 19.2 Å². The largest absolute Gasteiger partial charge is 0.368 e. The molecule has 132 valence electrons. The van der Waals surface area contributed by atoms with Crippen LogP contribution in [0, 0.1) is 5.41 Å². The van der Waals surface area contributed by atoms with Crippen molar-refractivity contribution in [3.63, 3.8) is 0 Å². The van der Waals surface area contributed by atoms with Crippen LogP contribution in [0.15, 0.2) is 0 Å². The maximum Gasteiger partial charge on any atom is 0.289 e. The molecule has 0 aliphatic carbocycles. The molecule has 3 amide bonds. The van der Waals surface area contributed by atoms with Crippen molar-refractivity contribution in [3.05, 3.63) is 0 Å². The molecule has 0 radical (unpaired) electrons. The summed E-state index contributed by atoms with van der Waals surface area (Å²) >= 11 is 0. The fourth-order valence-electron chi connectivity index (χ4n) is 2.03. The first kappa shape index (κ1) is 21.0. The number of nitrogens with one attached hydrogen (secondary N) is 3. The van der Waals surface area contributed by atoms with Crippen molar-refractivity contribution in [1.82, 2.24) is 16.0 Å². The maximum atomic E-state index is 11.9. The lowest BCUT2D eigenvalue weighted by atomic mass is 9.86. The highest BCUT2D eigenvalue weighted by atomic mass is 16.2. The number of amides is 3. The molecule has 0 heterocycles. The first-order valence-electron chi connectivity index (χ1n) is 7.62. The molecule has 0 rings (SSSR count). The number of hydrogen-bond acceptors (Lipinski definition) is 5. The molecule has 8 nitrogen and oxygen atoms in total. The molecular formula is C15H28N4O4. The Balaban J connectivity index is 4.56. The van der Waals surface area contributed by atoms with Gasteiger partial charge in [-0.2, -0.15) is 0 Å². The van der Waals surface area contributed by atoms with Crippen LogP contribution in [0.3, 0.4) is 0 Å². The van der Waals surface area contributed by atoms with Gasteiger partial charge in [-0.15, -0.1) is 0 Å². The lowest BCUT2D eigenvalue weighted by molar-refractivity contribution is -0.140. The van der Waals surface area contributed by atoms with Crippen molar-refractivity contribution >= 4 is 23.5 Å². The van der Waals surface area contributed by atoms with Gasteiger partial charge in [0.05, 0.1) is 12.6 Å². The molecule has 2 atom stereocenters. The zero-order chi connectivity index (χ0) is 18.2. The predicted octanol–water partition coefficient (Wildman–Crippen LogP) is -0.924. The molecule has 0 spiro atoms. The van der Waals surface area contributed by atoms with Gasteiger partial charge in [-0.1, -0.05) is 34.1 Å². The van der Waals surface area contributed by atoms with Gasteiger partial charge in [-0.3, -0.25) is 19.2 Å². The summed E-state index contributed by atoms with van der Waals surface area (Å²) in [6.45, 7) is 6.78. The minimum Gasteiger partial charge on any atom is -0.368 e. The summed E-state index contributed by atoms with van der Waals surface area (Å²) in [6.07, 6.45) is 1.28. The van der Waals surface area contributed by atoms with Gasteiger partial charge < -0.3 is 21.7 Å². The summed E-state index contributed by atoms with van der Waals surface area (Å²) < 4.78 is 0. The number of carbonyl (C=O) groups is 4. The Hall–Kier alpha value is -1.96. The van der Waals surface area contributed by atoms with Crippen molar-refractivity contribution in [2.24, 2.45) is 11.1 Å². The van der Waals surface area contributed by atoms with E-state index in [1.807, 2.05) is 6.92 Å². The second kappa shape index (κ2) is 9.24. The molecule has 23 heavy (non-hydrogen) atoms. The first-order chi connectivity index (χ1) is 10.5. The van der Waals surface area contributed by atoms with Gasteiger partial charge in [0.1, 0.15) is 6.04 Å².